The molecule has 9 heteroatoms. The molecule has 2 aromatic carbocycles. The van der Waals surface area contributed by atoms with E-state index in [-0.39, 0.29) is 12.8 Å². The molecule has 214 valence electrons. The van der Waals surface area contributed by atoms with Gasteiger partial charge in [-0.05, 0) is 44.7 Å². The van der Waals surface area contributed by atoms with Crippen molar-refractivity contribution in [3.05, 3.63) is 71.8 Å². The second-order valence-electron chi connectivity index (χ2n) is 10.9. The number of rotatable bonds is 11. The molecule has 1 aliphatic rings. The third-order valence-electron chi connectivity index (χ3n) is 6.95. The van der Waals surface area contributed by atoms with Crippen LogP contribution in [0.15, 0.2) is 60.7 Å². The zero-order valence-electron chi connectivity index (χ0n) is 23.8. The minimum atomic E-state index is -1.02. The highest BCUT2D eigenvalue weighted by molar-refractivity contribution is 6.07. The Morgan fingerprint density at radius 3 is 1.75 bits per heavy atom. The standard InChI is InChI=1S/C31H38N2O7/c1-6-31(7-2)28(38)33(29(31)39-21-27(37)40-30(3,4)5)26(36)20-32(24(34)18-22-14-10-8-11-15-22)25(35)19-23-16-12-9-13-17-23/h8-17,29H,6-7,18-21H2,1-5H3. The van der Waals surface area contributed by atoms with Crippen LogP contribution in [0.25, 0.3) is 0 Å². The minimum absolute atomic E-state index is 0.0883. The number of β-lactam (4-membered cyclic amide) rings is 1. The van der Waals surface area contributed by atoms with Crippen LogP contribution in [0.3, 0.4) is 0 Å². The number of benzene rings is 2. The predicted octanol–water partition coefficient (Wildman–Crippen LogP) is 3.69. The molecule has 0 spiro atoms. The lowest BCUT2D eigenvalue weighted by molar-refractivity contribution is -0.227. The summed E-state index contributed by atoms with van der Waals surface area (Å²) < 4.78 is 11.1. The number of ether oxygens (including phenoxy) is 2. The van der Waals surface area contributed by atoms with Crippen LogP contribution < -0.4 is 0 Å². The van der Waals surface area contributed by atoms with E-state index in [9.17, 15) is 24.0 Å². The highest BCUT2D eigenvalue weighted by Gasteiger charge is 2.62. The average molecular weight is 551 g/mol. The van der Waals surface area contributed by atoms with Crippen molar-refractivity contribution in [1.82, 2.24) is 9.80 Å². The van der Waals surface area contributed by atoms with Crippen molar-refractivity contribution in [3.63, 3.8) is 0 Å². The van der Waals surface area contributed by atoms with E-state index in [1.807, 2.05) is 26.0 Å². The molecule has 1 heterocycles. The second-order valence-corrected chi connectivity index (χ2v) is 10.9. The zero-order chi connectivity index (χ0) is 29.5. The predicted molar refractivity (Wildman–Crippen MR) is 147 cm³/mol. The molecule has 0 aliphatic carbocycles. The van der Waals surface area contributed by atoms with Crippen LogP contribution in [-0.4, -0.2) is 64.4 Å². The third-order valence-corrected chi connectivity index (χ3v) is 6.95. The van der Waals surface area contributed by atoms with Crippen LogP contribution in [0.1, 0.15) is 58.6 Å². The number of hydrogen-bond acceptors (Lipinski definition) is 7. The van der Waals surface area contributed by atoms with E-state index >= 15 is 0 Å². The van der Waals surface area contributed by atoms with Crippen molar-refractivity contribution in [2.24, 2.45) is 5.41 Å². The van der Waals surface area contributed by atoms with E-state index < -0.39 is 60.0 Å². The fourth-order valence-electron chi connectivity index (χ4n) is 4.79. The van der Waals surface area contributed by atoms with E-state index in [1.54, 1.807) is 69.3 Å². The van der Waals surface area contributed by atoms with Crippen molar-refractivity contribution in [2.75, 3.05) is 13.2 Å². The molecule has 1 saturated heterocycles. The van der Waals surface area contributed by atoms with Crippen LogP contribution in [-0.2, 0) is 46.3 Å². The maximum Gasteiger partial charge on any atom is 0.332 e. The van der Waals surface area contributed by atoms with Gasteiger partial charge in [0.15, 0.2) is 6.23 Å². The van der Waals surface area contributed by atoms with Crippen LogP contribution in [0.4, 0.5) is 0 Å². The van der Waals surface area contributed by atoms with Gasteiger partial charge >= 0.3 is 5.97 Å². The normalized spacial score (nSPS) is 16.2. The number of esters is 1. The molecule has 1 unspecified atom stereocenters. The van der Waals surface area contributed by atoms with Gasteiger partial charge in [0.05, 0.1) is 18.3 Å². The summed E-state index contributed by atoms with van der Waals surface area (Å²) in [6.07, 6.45) is -0.432. The van der Waals surface area contributed by atoms with Crippen molar-refractivity contribution >= 4 is 29.6 Å². The molecule has 1 atom stereocenters. The summed E-state index contributed by atoms with van der Waals surface area (Å²) in [7, 11) is 0. The molecule has 40 heavy (non-hydrogen) atoms. The first-order chi connectivity index (χ1) is 18.9. The second kappa shape index (κ2) is 13.0. The van der Waals surface area contributed by atoms with Gasteiger partial charge in [0.25, 0.3) is 5.91 Å². The molecule has 4 amide bonds. The average Bonchev–Trinajstić information content (AvgIpc) is 2.90. The van der Waals surface area contributed by atoms with Crippen molar-refractivity contribution in [1.29, 1.82) is 0 Å². The Morgan fingerprint density at radius 2 is 1.32 bits per heavy atom. The van der Waals surface area contributed by atoms with Gasteiger partial charge < -0.3 is 9.47 Å². The van der Waals surface area contributed by atoms with Gasteiger partial charge in [0.2, 0.25) is 17.7 Å². The Morgan fingerprint density at radius 1 is 0.850 bits per heavy atom. The van der Waals surface area contributed by atoms with Crippen LogP contribution in [0.5, 0.6) is 0 Å². The SMILES string of the molecule is CCC1(CC)C(=O)N(C(=O)CN(C(=O)Cc2ccccc2)C(=O)Cc2ccccc2)C1OCC(=O)OC(C)(C)C. The van der Waals surface area contributed by atoms with Gasteiger partial charge in [0, 0.05) is 0 Å². The molecule has 1 aliphatic heterocycles. The van der Waals surface area contributed by atoms with Gasteiger partial charge in [-0.3, -0.25) is 29.0 Å². The summed E-state index contributed by atoms with van der Waals surface area (Å²) in [5, 5.41) is 0. The molecular weight excluding hydrogens is 512 g/mol. The maximum absolute atomic E-state index is 13.5. The number of carbonyl (C=O) groups is 5. The number of amides is 4. The lowest BCUT2D eigenvalue weighted by atomic mass is 9.71. The first kappa shape index (κ1) is 30.7. The third kappa shape index (κ3) is 7.21. The molecule has 0 aromatic heterocycles. The van der Waals surface area contributed by atoms with Gasteiger partial charge in [-0.25, -0.2) is 4.79 Å². The van der Waals surface area contributed by atoms with Crippen LogP contribution in [0, 0.1) is 5.41 Å². The smallest absolute Gasteiger partial charge is 0.332 e. The molecule has 9 nitrogen and oxygen atoms in total. The van der Waals surface area contributed by atoms with Crippen molar-refractivity contribution in [2.45, 2.75) is 72.1 Å². The van der Waals surface area contributed by atoms with Gasteiger partial charge in [-0.15, -0.1) is 0 Å². The quantitative estimate of drug-likeness (QED) is 0.310. The Balaban J connectivity index is 1.82. The highest BCUT2D eigenvalue weighted by atomic mass is 16.6. The summed E-state index contributed by atoms with van der Waals surface area (Å²) in [6.45, 7) is 7.72. The molecule has 0 saturated carbocycles. The van der Waals surface area contributed by atoms with Crippen LogP contribution in [0.2, 0.25) is 0 Å². The van der Waals surface area contributed by atoms with E-state index in [0.717, 1.165) is 9.80 Å². The van der Waals surface area contributed by atoms with E-state index in [1.165, 1.54) is 0 Å². The topological polar surface area (TPSA) is 110 Å². The number of carbonyl (C=O) groups excluding carboxylic acids is 5. The summed E-state index contributed by atoms with van der Waals surface area (Å²) in [6, 6.07) is 17.8. The van der Waals surface area contributed by atoms with Gasteiger partial charge in [0.1, 0.15) is 18.8 Å². The largest absolute Gasteiger partial charge is 0.458 e. The highest BCUT2D eigenvalue weighted by Crippen LogP contribution is 2.45. The molecule has 3 rings (SSSR count). The van der Waals surface area contributed by atoms with Gasteiger partial charge in [-0.1, -0.05) is 74.5 Å². The Hall–Kier alpha value is -3.85. The number of nitrogens with zero attached hydrogens (tertiary/aromatic N) is 2. The molecule has 0 bridgehead atoms. The monoisotopic (exact) mass is 550 g/mol. The zero-order valence-corrected chi connectivity index (χ0v) is 23.8. The summed E-state index contributed by atoms with van der Waals surface area (Å²) >= 11 is 0. The molecule has 2 aromatic rings. The maximum atomic E-state index is 13.5. The minimum Gasteiger partial charge on any atom is -0.458 e. The molecule has 0 radical (unpaired) electrons. The first-order valence-electron chi connectivity index (χ1n) is 13.5. The number of imide groups is 2. The lowest BCUT2D eigenvalue weighted by Crippen LogP contribution is -2.72. The van der Waals surface area contributed by atoms with Crippen molar-refractivity contribution in [3.8, 4) is 0 Å². The Labute approximate surface area is 235 Å². The van der Waals surface area contributed by atoms with E-state index in [0.29, 0.717) is 24.0 Å². The van der Waals surface area contributed by atoms with Crippen LogP contribution >= 0.6 is 0 Å². The summed E-state index contributed by atoms with van der Waals surface area (Å²) in [5.41, 5.74) is -0.347. The summed E-state index contributed by atoms with van der Waals surface area (Å²) in [5.74, 6) is -2.95. The summed E-state index contributed by atoms with van der Waals surface area (Å²) in [4.78, 5) is 67.6. The number of likely N-dealkylation sites (tertiary alicyclic amines) is 1. The molecule has 0 N–H and O–H groups in total. The Kier molecular flexibility index (Phi) is 9.98. The van der Waals surface area contributed by atoms with Crippen molar-refractivity contribution < 1.29 is 33.4 Å². The van der Waals surface area contributed by atoms with Gasteiger partial charge in [-0.2, -0.15) is 0 Å². The lowest BCUT2D eigenvalue weighted by Gasteiger charge is -2.53. The fraction of sp³-hybridized carbons (Fsp3) is 0.452. The molecular formula is C31H38N2O7. The first-order valence-corrected chi connectivity index (χ1v) is 13.5. The number of hydrogen-bond donors (Lipinski definition) is 0. The Bertz CT molecular complexity index is 1160. The van der Waals surface area contributed by atoms with E-state index in [2.05, 4.69) is 0 Å². The fourth-order valence-corrected chi connectivity index (χ4v) is 4.79. The van der Waals surface area contributed by atoms with E-state index in [4.69, 9.17) is 9.47 Å². The molecule has 1 fully saturated rings.